The van der Waals surface area contributed by atoms with Gasteiger partial charge in [-0.05, 0) is 24.7 Å². The molecule has 5 nitrogen and oxygen atoms in total. The van der Waals surface area contributed by atoms with E-state index in [-0.39, 0.29) is 30.7 Å². The largest absolute Gasteiger partial charge is 0.469 e. The quantitative estimate of drug-likeness (QED) is 0.749. The summed E-state index contributed by atoms with van der Waals surface area (Å²) in [7, 11) is 3.10. The van der Waals surface area contributed by atoms with Crippen LogP contribution in [0.25, 0.3) is 0 Å². The van der Waals surface area contributed by atoms with E-state index in [4.69, 9.17) is 11.6 Å². The van der Waals surface area contributed by atoms with Crippen molar-refractivity contribution in [2.75, 3.05) is 20.7 Å². The highest BCUT2D eigenvalue weighted by atomic mass is 35.5. The Hall–Kier alpha value is -1.30. The minimum Gasteiger partial charge on any atom is -0.469 e. The zero-order valence-electron chi connectivity index (χ0n) is 12.0. The lowest BCUT2D eigenvalue weighted by Gasteiger charge is -2.18. The SMILES string of the molecule is CNCCC(=O)N[C@@H](CC(=O)OC)c1ccc(Cl)cc1.Cl. The van der Waals surface area contributed by atoms with Gasteiger partial charge in [-0.1, -0.05) is 23.7 Å². The Morgan fingerprint density at radius 2 is 1.90 bits per heavy atom. The summed E-state index contributed by atoms with van der Waals surface area (Å²) in [5.41, 5.74) is 0.817. The standard InChI is InChI=1S/C14H19ClN2O3.ClH/c1-16-8-7-13(18)17-12(9-14(19)20-2)10-3-5-11(15)6-4-10;/h3-6,12,16H,7-9H2,1-2H3,(H,17,18);1H/t12-;/m0./s1. The summed E-state index contributed by atoms with van der Waals surface area (Å²) in [6, 6.07) is 6.61. The van der Waals surface area contributed by atoms with Crippen LogP contribution in [0, 0.1) is 0 Å². The van der Waals surface area contributed by atoms with Crippen LogP contribution in [-0.2, 0) is 14.3 Å². The molecule has 1 aromatic rings. The molecule has 0 heterocycles. The molecule has 1 atom stereocenters. The third-order valence-corrected chi connectivity index (χ3v) is 3.06. The molecule has 21 heavy (non-hydrogen) atoms. The second-order valence-electron chi connectivity index (χ2n) is 4.31. The zero-order valence-corrected chi connectivity index (χ0v) is 13.6. The number of hydrogen-bond donors (Lipinski definition) is 2. The molecule has 7 heteroatoms. The van der Waals surface area contributed by atoms with Crippen molar-refractivity contribution in [2.45, 2.75) is 18.9 Å². The number of methoxy groups -OCH3 is 1. The highest BCUT2D eigenvalue weighted by Crippen LogP contribution is 2.20. The van der Waals surface area contributed by atoms with Crippen LogP contribution >= 0.6 is 24.0 Å². The Morgan fingerprint density at radius 3 is 2.43 bits per heavy atom. The lowest BCUT2D eigenvalue weighted by Crippen LogP contribution is -2.32. The second-order valence-corrected chi connectivity index (χ2v) is 4.74. The van der Waals surface area contributed by atoms with Crippen LogP contribution in [0.1, 0.15) is 24.4 Å². The third kappa shape index (κ3) is 7.32. The maximum absolute atomic E-state index is 11.8. The van der Waals surface area contributed by atoms with E-state index in [1.807, 2.05) is 0 Å². The first-order valence-corrected chi connectivity index (χ1v) is 6.71. The average molecular weight is 335 g/mol. The van der Waals surface area contributed by atoms with E-state index in [1.165, 1.54) is 7.11 Å². The highest BCUT2D eigenvalue weighted by Gasteiger charge is 2.18. The molecule has 0 aliphatic carbocycles. The average Bonchev–Trinajstić information content (AvgIpc) is 2.45. The van der Waals surface area contributed by atoms with Gasteiger partial charge in [-0.15, -0.1) is 12.4 Å². The summed E-state index contributed by atoms with van der Waals surface area (Å²) in [4.78, 5) is 23.2. The Bertz CT molecular complexity index is 452. The fourth-order valence-corrected chi connectivity index (χ4v) is 1.83. The van der Waals surface area contributed by atoms with Gasteiger partial charge in [0.25, 0.3) is 0 Å². The predicted molar refractivity (Wildman–Crippen MR) is 84.8 cm³/mol. The van der Waals surface area contributed by atoms with Crippen LogP contribution in [0.2, 0.25) is 5.02 Å². The van der Waals surface area contributed by atoms with E-state index in [0.717, 1.165) is 5.56 Å². The molecule has 0 aliphatic rings. The molecule has 0 saturated heterocycles. The predicted octanol–water partition coefficient (Wildman–Crippen LogP) is 2.09. The Morgan fingerprint density at radius 1 is 1.29 bits per heavy atom. The summed E-state index contributed by atoms with van der Waals surface area (Å²) >= 11 is 5.84. The maximum atomic E-state index is 11.8. The van der Waals surface area contributed by atoms with Gasteiger partial charge < -0.3 is 15.4 Å². The molecule has 0 fully saturated rings. The molecule has 0 aliphatic heterocycles. The number of carbonyl (C=O) groups excluding carboxylic acids is 2. The number of rotatable bonds is 7. The van der Waals surface area contributed by atoms with Crippen LogP contribution in [-0.4, -0.2) is 32.6 Å². The van der Waals surface area contributed by atoms with Gasteiger partial charge in [-0.25, -0.2) is 0 Å². The molecule has 1 amide bonds. The summed E-state index contributed by atoms with van der Waals surface area (Å²) in [6.07, 6.45) is 0.436. The number of benzene rings is 1. The molecule has 0 spiro atoms. The minimum atomic E-state index is -0.413. The smallest absolute Gasteiger partial charge is 0.307 e. The number of hydrogen-bond acceptors (Lipinski definition) is 4. The van der Waals surface area contributed by atoms with Gasteiger partial charge in [0.2, 0.25) is 5.91 Å². The Kier molecular flexibility index (Phi) is 9.78. The van der Waals surface area contributed by atoms with Crippen LogP contribution in [0.4, 0.5) is 0 Å². The highest BCUT2D eigenvalue weighted by molar-refractivity contribution is 6.30. The van der Waals surface area contributed by atoms with Crippen molar-refractivity contribution in [3.63, 3.8) is 0 Å². The number of esters is 1. The summed E-state index contributed by atoms with van der Waals surface area (Å²) in [5, 5.41) is 6.33. The topological polar surface area (TPSA) is 67.4 Å². The van der Waals surface area contributed by atoms with Gasteiger partial charge in [0.15, 0.2) is 0 Å². The maximum Gasteiger partial charge on any atom is 0.307 e. The first-order chi connectivity index (χ1) is 9.56. The minimum absolute atomic E-state index is 0. The van der Waals surface area contributed by atoms with E-state index < -0.39 is 6.04 Å². The van der Waals surface area contributed by atoms with E-state index in [2.05, 4.69) is 15.4 Å². The molecule has 0 radical (unpaired) electrons. The van der Waals surface area contributed by atoms with E-state index >= 15 is 0 Å². The van der Waals surface area contributed by atoms with Crippen molar-refractivity contribution >= 4 is 35.9 Å². The summed E-state index contributed by atoms with van der Waals surface area (Å²) < 4.78 is 4.66. The number of ether oxygens (including phenoxy) is 1. The number of amides is 1. The monoisotopic (exact) mass is 334 g/mol. The lowest BCUT2D eigenvalue weighted by molar-refractivity contribution is -0.141. The number of carbonyl (C=O) groups is 2. The lowest BCUT2D eigenvalue weighted by atomic mass is 10.0. The Labute approximate surface area is 135 Å². The van der Waals surface area contributed by atoms with Gasteiger partial charge in [0.1, 0.15) is 0 Å². The fourth-order valence-electron chi connectivity index (χ4n) is 1.70. The third-order valence-electron chi connectivity index (χ3n) is 2.81. The van der Waals surface area contributed by atoms with Gasteiger partial charge in [0, 0.05) is 18.0 Å². The normalized spacial score (nSPS) is 11.2. The van der Waals surface area contributed by atoms with Gasteiger partial charge in [0.05, 0.1) is 19.6 Å². The van der Waals surface area contributed by atoms with Crippen molar-refractivity contribution in [3.8, 4) is 0 Å². The van der Waals surface area contributed by atoms with E-state index in [1.54, 1.807) is 31.3 Å². The summed E-state index contributed by atoms with van der Waals surface area (Å²) in [6.45, 7) is 0.581. The van der Waals surface area contributed by atoms with Gasteiger partial charge in [-0.3, -0.25) is 9.59 Å². The van der Waals surface area contributed by atoms with Crippen molar-refractivity contribution in [1.82, 2.24) is 10.6 Å². The molecule has 0 bridgehead atoms. The molecule has 0 aromatic heterocycles. The van der Waals surface area contributed by atoms with Crippen LogP contribution < -0.4 is 10.6 Å². The molecule has 0 unspecified atom stereocenters. The van der Waals surface area contributed by atoms with Crippen molar-refractivity contribution < 1.29 is 14.3 Å². The van der Waals surface area contributed by atoms with Crippen LogP contribution in [0.5, 0.6) is 0 Å². The molecule has 2 N–H and O–H groups in total. The van der Waals surface area contributed by atoms with E-state index in [0.29, 0.717) is 18.0 Å². The molecular weight excluding hydrogens is 315 g/mol. The van der Waals surface area contributed by atoms with Crippen molar-refractivity contribution in [3.05, 3.63) is 34.9 Å². The molecule has 118 valence electrons. The summed E-state index contributed by atoms with van der Waals surface area (Å²) in [5.74, 6) is -0.498. The van der Waals surface area contributed by atoms with Crippen molar-refractivity contribution in [2.24, 2.45) is 0 Å². The van der Waals surface area contributed by atoms with E-state index in [9.17, 15) is 9.59 Å². The van der Waals surface area contributed by atoms with Gasteiger partial charge >= 0.3 is 5.97 Å². The zero-order chi connectivity index (χ0) is 15.0. The fraction of sp³-hybridized carbons (Fsp3) is 0.429. The number of nitrogens with one attached hydrogen (secondary N) is 2. The van der Waals surface area contributed by atoms with Gasteiger partial charge in [-0.2, -0.15) is 0 Å². The first-order valence-electron chi connectivity index (χ1n) is 6.33. The molecule has 1 rings (SSSR count). The second kappa shape index (κ2) is 10.4. The molecule has 1 aromatic carbocycles. The van der Waals surface area contributed by atoms with Crippen LogP contribution in [0.3, 0.4) is 0 Å². The molecular formula is C14H20Cl2N2O3. The number of halogens is 2. The van der Waals surface area contributed by atoms with Crippen molar-refractivity contribution in [1.29, 1.82) is 0 Å². The van der Waals surface area contributed by atoms with Crippen LogP contribution in [0.15, 0.2) is 24.3 Å². The Balaban J connectivity index is 0.00000400. The first kappa shape index (κ1) is 19.7. The molecule has 0 saturated carbocycles.